The average molecular weight is 265 g/mol. The van der Waals surface area contributed by atoms with Gasteiger partial charge in [0.15, 0.2) is 0 Å². The van der Waals surface area contributed by atoms with Crippen LogP contribution in [0.3, 0.4) is 0 Å². The van der Waals surface area contributed by atoms with Gasteiger partial charge in [-0.25, -0.2) is 0 Å². The van der Waals surface area contributed by atoms with E-state index in [2.05, 4.69) is 0 Å². The van der Waals surface area contributed by atoms with Crippen LogP contribution in [0.2, 0.25) is 0 Å². The molecule has 0 saturated heterocycles. The highest BCUT2D eigenvalue weighted by Gasteiger charge is 2.30. The third kappa shape index (κ3) is 3.96. The van der Waals surface area contributed by atoms with E-state index in [9.17, 15) is 4.79 Å². The van der Waals surface area contributed by atoms with Crippen molar-refractivity contribution in [1.82, 2.24) is 0 Å². The summed E-state index contributed by atoms with van der Waals surface area (Å²) in [7, 11) is 1.39. The molecule has 0 radical (unpaired) electrons. The molecule has 106 valence electrons. The van der Waals surface area contributed by atoms with Crippen molar-refractivity contribution in [3.8, 4) is 5.75 Å². The minimum Gasteiger partial charge on any atom is -0.494 e. The van der Waals surface area contributed by atoms with Crippen molar-refractivity contribution >= 4 is 5.97 Å². The lowest BCUT2D eigenvalue weighted by atomic mass is 9.85. The third-order valence-electron chi connectivity index (χ3n) is 3.15. The van der Waals surface area contributed by atoms with E-state index in [1.165, 1.54) is 7.11 Å². The lowest BCUT2D eigenvalue weighted by Gasteiger charge is -2.25. The first-order chi connectivity index (χ1) is 9.01. The molecule has 4 heteroatoms. The smallest absolute Gasteiger partial charge is 0.310 e. The summed E-state index contributed by atoms with van der Waals surface area (Å²) < 4.78 is 10.2. The van der Waals surface area contributed by atoms with Crippen LogP contribution in [0.25, 0.3) is 0 Å². The van der Waals surface area contributed by atoms with E-state index in [4.69, 9.17) is 15.2 Å². The number of rotatable bonds is 6. The number of carbonyl (C=O) groups excluding carboxylic acids is 1. The monoisotopic (exact) mass is 265 g/mol. The molecule has 0 amide bonds. The number of methoxy groups -OCH3 is 1. The molecule has 0 heterocycles. The van der Waals surface area contributed by atoms with Gasteiger partial charge in [0.1, 0.15) is 5.75 Å². The van der Waals surface area contributed by atoms with Gasteiger partial charge in [-0.15, -0.1) is 0 Å². The second-order valence-corrected chi connectivity index (χ2v) is 4.82. The van der Waals surface area contributed by atoms with Crippen LogP contribution in [0.1, 0.15) is 32.4 Å². The zero-order chi connectivity index (χ0) is 14.4. The number of carbonyl (C=O) groups is 1. The summed E-state index contributed by atoms with van der Waals surface area (Å²) in [6.45, 7) is 6.50. The molecule has 0 aliphatic heterocycles. The predicted octanol–water partition coefficient (Wildman–Crippen LogP) is 2.53. The van der Waals surface area contributed by atoms with E-state index in [0.717, 1.165) is 11.3 Å². The van der Waals surface area contributed by atoms with Crippen molar-refractivity contribution in [3.05, 3.63) is 29.8 Å². The van der Waals surface area contributed by atoms with Crippen LogP contribution in [-0.2, 0) is 9.53 Å². The topological polar surface area (TPSA) is 61.5 Å². The van der Waals surface area contributed by atoms with Crippen molar-refractivity contribution in [1.29, 1.82) is 0 Å². The summed E-state index contributed by atoms with van der Waals surface area (Å²) >= 11 is 0. The zero-order valence-electron chi connectivity index (χ0n) is 12.1. The number of hydrogen-bond acceptors (Lipinski definition) is 4. The molecule has 0 saturated carbocycles. The molecule has 1 rings (SSSR count). The van der Waals surface area contributed by atoms with Gasteiger partial charge in [0.25, 0.3) is 0 Å². The van der Waals surface area contributed by atoms with Crippen LogP contribution < -0.4 is 10.5 Å². The third-order valence-corrected chi connectivity index (χ3v) is 3.15. The molecule has 0 spiro atoms. The summed E-state index contributed by atoms with van der Waals surface area (Å²) in [6.07, 6.45) is 0. The second-order valence-electron chi connectivity index (χ2n) is 4.82. The van der Waals surface area contributed by atoms with Gasteiger partial charge in [0, 0.05) is 6.04 Å². The Bertz CT molecular complexity index is 400. The zero-order valence-corrected chi connectivity index (χ0v) is 12.1. The minimum absolute atomic E-state index is 0.119. The second kappa shape index (κ2) is 7.14. The van der Waals surface area contributed by atoms with Gasteiger partial charge in [-0.05, 0) is 30.5 Å². The Morgan fingerprint density at radius 2 is 1.84 bits per heavy atom. The Hall–Kier alpha value is -1.55. The summed E-state index contributed by atoms with van der Waals surface area (Å²) in [5, 5.41) is 0. The van der Waals surface area contributed by atoms with Crippen LogP contribution in [0.4, 0.5) is 0 Å². The molecule has 0 aliphatic carbocycles. The normalized spacial score (nSPS) is 14.0. The van der Waals surface area contributed by atoms with Crippen LogP contribution in [-0.4, -0.2) is 19.7 Å². The van der Waals surface area contributed by atoms with E-state index < -0.39 is 0 Å². The Labute approximate surface area is 114 Å². The van der Waals surface area contributed by atoms with Crippen molar-refractivity contribution in [2.45, 2.75) is 26.8 Å². The number of hydrogen-bond donors (Lipinski definition) is 1. The maximum Gasteiger partial charge on any atom is 0.310 e. The fraction of sp³-hybridized carbons (Fsp3) is 0.533. The highest BCUT2D eigenvalue weighted by Crippen LogP contribution is 2.28. The Morgan fingerprint density at radius 3 is 2.26 bits per heavy atom. The Morgan fingerprint density at radius 1 is 1.26 bits per heavy atom. The van der Waals surface area contributed by atoms with E-state index in [1.54, 1.807) is 0 Å². The highest BCUT2D eigenvalue weighted by molar-refractivity contribution is 5.73. The first-order valence-electron chi connectivity index (χ1n) is 6.57. The van der Waals surface area contributed by atoms with Gasteiger partial charge < -0.3 is 15.2 Å². The molecule has 1 aromatic carbocycles. The number of benzene rings is 1. The van der Waals surface area contributed by atoms with Crippen molar-refractivity contribution in [2.24, 2.45) is 17.6 Å². The molecule has 0 bridgehead atoms. The van der Waals surface area contributed by atoms with E-state index in [1.807, 2.05) is 45.0 Å². The largest absolute Gasteiger partial charge is 0.494 e. The first-order valence-corrected chi connectivity index (χ1v) is 6.57. The molecule has 2 atom stereocenters. The van der Waals surface area contributed by atoms with Gasteiger partial charge in [0.05, 0.1) is 19.6 Å². The molecule has 2 N–H and O–H groups in total. The van der Waals surface area contributed by atoms with Crippen LogP contribution in [0, 0.1) is 11.8 Å². The van der Waals surface area contributed by atoms with E-state index in [0.29, 0.717) is 6.61 Å². The summed E-state index contributed by atoms with van der Waals surface area (Å²) in [5.41, 5.74) is 7.11. The molecule has 2 unspecified atom stereocenters. The lowest BCUT2D eigenvalue weighted by Crippen LogP contribution is -2.33. The highest BCUT2D eigenvalue weighted by atomic mass is 16.5. The lowest BCUT2D eigenvalue weighted by molar-refractivity contribution is -0.147. The quantitative estimate of drug-likeness (QED) is 0.803. The maximum atomic E-state index is 11.8. The maximum absolute atomic E-state index is 11.8. The molecule has 0 aromatic heterocycles. The van der Waals surface area contributed by atoms with Crippen molar-refractivity contribution in [3.63, 3.8) is 0 Å². The van der Waals surface area contributed by atoms with Crippen LogP contribution in [0.15, 0.2) is 24.3 Å². The van der Waals surface area contributed by atoms with Crippen molar-refractivity contribution < 1.29 is 14.3 Å². The van der Waals surface area contributed by atoms with Crippen LogP contribution >= 0.6 is 0 Å². The van der Waals surface area contributed by atoms with Crippen LogP contribution in [0.5, 0.6) is 5.75 Å². The fourth-order valence-corrected chi connectivity index (χ4v) is 2.13. The Kier molecular flexibility index (Phi) is 5.83. The van der Waals surface area contributed by atoms with Gasteiger partial charge in [0.2, 0.25) is 0 Å². The number of ether oxygens (including phenoxy) is 2. The minimum atomic E-state index is -0.372. The average Bonchev–Trinajstić information content (AvgIpc) is 2.39. The molecule has 0 aliphatic rings. The van der Waals surface area contributed by atoms with Gasteiger partial charge in [-0.1, -0.05) is 26.0 Å². The van der Waals surface area contributed by atoms with Gasteiger partial charge in [-0.2, -0.15) is 0 Å². The SMILES string of the molecule is CCOc1ccc(C(N)C(C(=O)OC)C(C)C)cc1. The summed E-state index contributed by atoms with van der Waals surface area (Å²) in [6, 6.07) is 7.16. The van der Waals surface area contributed by atoms with Crippen molar-refractivity contribution in [2.75, 3.05) is 13.7 Å². The Balaban J connectivity index is 2.90. The van der Waals surface area contributed by atoms with Gasteiger partial charge in [-0.3, -0.25) is 4.79 Å². The fourth-order valence-electron chi connectivity index (χ4n) is 2.13. The molecule has 19 heavy (non-hydrogen) atoms. The molecular weight excluding hydrogens is 242 g/mol. The van der Waals surface area contributed by atoms with E-state index in [-0.39, 0.29) is 23.8 Å². The van der Waals surface area contributed by atoms with E-state index >= 15 is 0 Å². The molecule has 1 aromatic rings. The molecule has 4 nitrogen and oxygen atoms in total. The predicted molar refractivity (Wildman–Crippen MR) is 74.9 cm³/mol. The number of esters is 1. The summed E-state index contributed by atoms with van der Waals surface area (Å²) in [5.74, 6) is 0.311. The number of nitrogens with two attached hydrogens (primary N) is 1. The molecule has 0 fully saturated rings. The molecular formula is C15H23NO3. The summed E-state index contributed by atoms with van der Waals surface area (Å²) in [4.78, 5) is 11.8. The standard InChI is InChI=1S/C15H23NO3/c1-5-19-12-8-6-11(7-9-12)14(16)13(10(2)3)15(17)18-4/h6-10,13-14H,5,16H2,1-4H3. The first kappa shape index (κ1) is 15.5. The van der Waals surface area contributed by atoms with Gasteiger partial charge >= 0.3 is 5.97 Å².